The van der Waals surface area contributed by atoms with E-state index >= 15 is 0 Å². The van der Waals surface area contributed by atoms with Gasteiger partial charge in [-0.15, -0.1) is 0 Å². The number of benzene rings is 1. The minimum atomic E-state index is -1.08. The van der Waals surface area contributed by atoms with Crippen LogP contribution in [-0.4, -0.2) is 41.0 Å². The first-order valence-electron chi connectivity index (χ1n) is 5.97. The molecule has 0 radical (unpaired) electrons. The number of carbonyl (C=O) groups excluding carboxylic acids is 1. The van der Waals surface area contributed by atoms with Crippen molar-refractivity contribution < 1.29 is 19.7 Å². The quantitative estimate of drug-likeness (QED) is 0.716. The fourth-order valence-electron chi connectivity index (χ4n) is 1.34. The molecule has 0 spiro atoms. The van der Waals surface area contributed by atoms with Crippen LogP contribution in [0.25, 0.3) is 0 Å². The average molecular weight is 367 g/mol. The molecule has 5 nitrogen and oxygen atoms in total. The molecular weight excluding hydrogens is 350 g/mol. The summed E-state index contributed by atoms with van der Waals surface area (Å²) in [5.74, 6) is 0.0456. The third-order valence-corrected chi connectivity index (χ3v) is 3.54. The molecule has 0 fully saturated rings. The maximum Gasteiger partial charge on any atom is 0.261 e. The van der Waals surface area contributed by atoms with Gasteiger partial charge in [-0.3, -0.25) is 4.79 Å². The minimum absolute atomic E-state index is 0.368. The number of hydrogen-bond acceptors (Lipinski definition) is 4. The zero-order chi connectivity index (χ0) is 15.3. The molecule has 112 valence electrons. The molecule has 7 heteroatoms. The Bertz CT molecular complexity index is 479. The van der Waals surface area contributed by atoms with E-state index < -0.39 is 17.6 Å². The number of hydrogen-bond donors (Lipinski definition) is 3. The van der Waals surface area contributed by atoms with E-state index in [1.54, 1.807) is 25.1 Å². The van der Waals surface area contributed by atoms with Crippen LogP contribution in [0.1, 0.15) is 13.8 Å². The lowest BCUT2D eigenvalue weighted by molar-refractivity contribution is -0.130. The summed E-state index contributed by atoms with van der Waals surface area (Å²) in [5.41, 5.74) is -1.08. The second-order valence-electron chi connectivity index (χ2n) is 4.70. The van der Waals surface area contributed by atoms with Crippen molar-refractivity contribution in [3.05, 3.63) is 27.7 Å². The Morgan fingerprint density at radius 3 is 2.60 bits per heavy atom. The van der Waals surface area contributed by atoms with Gasteiger partial charge in [0.2, 0.25) is 0 Å². The molecule has 1 unspecified atom stereocenters. The van der Waals surface area contributed by atoms with Crippen LogP contribution in [0.15, 0.2) is 22.7 Å². The van der Waals surface area contributed by atoms with Gasteiger partial charge in [0.1, 0.15) is 5.75 Å². The predicted octanol–water partition coefficient (Wildman–Crippen LogP) is 1.73. The average Bonchev–Trinajstić information content (AvgIpc) is 2.41. The standard InChI is InChI=1S/C13H17BrClNO4/c1-8(12(19)16-13(2,6-17)7-18)20-11-4-3-9(15)5-10(11)14/h3-5,8,17-18H,6-7H2,1-2H3,(H,16,19). The number of carbonyl (C=O) groups is 1. The van der Waals surface area contributed by atoms with Crippen molar-refractivity contribution >= 4 is 33.4 Å². The van der Waals surface area contributed by atoms with E-state index in [0.29, 0.717) is 15.2 Å². The van der Waals surface area contributed by atoms with E-state index in [4.69, 9.17) is 26.6 Å². The topological polar surface area (TPSA) is 78.8 Å². The summed E-state index contributed by atoms with van der Waals surface area (Å²) >= 11 is 9.11. The summed E-state index contributed by atoms with van der Waals surface area (Å²) in [6, 6.07) is 4.96. The number of rotatable bonds is 6. The Kier molecular flexibility index (Phi) is 6.26. The lowest BCUT2D eigenvalue weighted by atomic mass is 10.1. The molecule has 0 aliphatic heterocycles. The van der Waals surface area contributed by atoms with Crippen LogP contribution in [0.5, 0.6) is 5.75 Å². The van der Waals surface area contributed by atoms with E-state index in [1.165, 1.54) is 6.92 Å². The predicted molar refractivity (Wildman–Crippen MR) is 80.0 cm³/mol. The molecule has 0 aliphatic rings. The summed E-state index contributed by atoms with van der Waals surface area (Å²) in [7, 11) is 0. The lowest BCUT2D eigenvalue weighted by Gasteiger charge is -2.28. The van der Waals surface area contributed by atoms with E-state index in [-0.39, 0.29) is 13.2 Å². The summed E-state index contributed by atoms with van der Waals surface area (Å²) < 4.78 is 6.15. The van der Waals surface area contributed by atoms with Crippen molar-refractivity contribution in [1.82, 2.24) is 5.32 Å². The first-order valence-corrected chi connectivity index (χ1v) is 7.14. The van der Waals surface area contributed by atoms with Crippen LogP contribution in [0.3, 0.4) is 0 Å². The first-order chi connectivity index (χ1) is 9.31. The monoisotopic (exact) mass is 365 g/mol. The maximum atomic E-state index is 12.0. The highest BCUT2D eigenvalue weighted by molar-refractivity contribution is 9.10. The number of aliphatic hydroxyl groups excluding tert-OH is 2. The number of ether oxygens (including phenoxy) is 1. The van der Waals surface area contributed by atoms with Gasteiger partial charge in [0.25, 0.3) is 5.91 Å². The zero-order valence-corrected chi connectivity index (χ0v) is 13.5. The zero-order valence-electron chi connectivity index (χ0n) is 11.2. The maximum absolute atomic E-state index is 12.0. The van der Waals surface area contributed by atoms with Gasteiger partial charge in [-0.25, -0.2) is 0 Å². The van der Waals surface area contributed by atoms with Crippen LogP contribution < -0.4 is 10.1 Å². The van der Waals surface area contributed by atoms with Crippen molar-refractivity contribution in [2.45, 2.75) is 25.5 Å². The third-order valence-electron chi connectivity index (χ3n) is 2.69. The number of aliphatic hydroxyl groups is 2. The second kappa shape index (κ2) is 7.26. The van der Waals surface area contributed by atoms with Crippen molar-refractivity contribution in [3.63, 3.8) is 0 Å². The lowest BCUT2D eigenvalue weighted by Crippen LogP contribution is -2.55. The Labute approximate surface area is 131 Å². The van der Waals surface area contributed by atoms with Crippen molar-refractivity contribution in [1.29, 1.82) is 0 Å². The number of amides is 1. The molecule has 0 aromatic heterocycles. The molecular formula is C13H17BrClNO4. The number of nitrogens with one attached hydrogen (secondary N) is 1. The van der Waals surface area contributed by atoms with Gasteiger partial charge in [-0.2, -0.15) is 0 Å². The molecule has 0 bridgehead atoms. The van der Waals surface area contributed by atoms with E-state index in [9.17, 15) is 4.79 Å². The molecule has 1 atom stereocenters. The molecule has 3 N–H and O–H groups in total. The van der Waals surface area contributed by atoms with E-state index in [2.05, 4.69) is 21.2 Å². The Hall–Kier alpha value is -0.820. The summed E-state index contributed by atoms with van der Waals surface area (Å²) in [4.78, 5) is 12.0. The highest BCUT2D eigenvalue weighted by atomic mass is 79.9. The largest absolute Gasteiger partial charge is 0.480 e. The highest BCUT2D eigenvalue weighted by Crippen LogP contribution is 2.28. The van der Waals surface area contributed by atoms with Crippen LogP contribution in [-0.2, 0) is 4.79 Å². The second-order valence-corrected chi connectivity index (χ2v) is 5.99. The molecule has 1 aromatic carbocycles. The fourth-order valence-corrected chi connectivity index (χ4v) is 2.12. The van der Waals surface area contributed by atoms with Gasteiger partial charge in [0.15, 0.2) is 6.10 Å². The molecule has 0 aliphatic carbocycles. The van der Waals surface area contributed by atoms with E-state index in [0.717, 1.165) is 0 Å². The Morgan fingerprint density at radius 1 is 1.50 bits per heavy atom. The van der Waals surface area contributed by atoms with Crippen molar-refractivity contribution in [2.24, 2.45) is 0 Å². The van der Waals surface area contributed by atoms with Crippen LogP contribution in [0.2, 0.25) is 5.02 Å². The van der Waals surface area contributed by atoms with Crippen LogP contribution in [0.4, 0.5) is 0 Å². The van der Waals surface area contributed by atoms with Gasteiger partial charge in [0, 0.05) is 5.02 Å². The van der Waals surface area contributed by atoms with Gasteiger partial charge in [0.05, 0.1) is 23.2 Å². The van der Waals surface area contributed by atoms with Crippen LogP contribution >= 0.6 is 27.5 Å². The molecule has 0 saturated heterocycles. The molecule has 20 heavy (non-hydrogen) atoms. The molecule has 1 rings (SSSR count). The van der Waals surface area contributed by atoms with Gasteiger partial charge in [-0.1, -0.05) is 11.6 Å². The first kappa shape index (κ1) is 17.2. The summed E-state index contributed by atoms with van der Waals surface area (Å²) in [5, 5.41) is 21.4. The number of halogens is 2. The normalized spacial score (nSPS) is 12.9. The summed E-state index contributed by atoms with van der Waals surface area (Å²) in [6.07, 6.45) is -0.787. The molecule has 0 heterocycles. The summed E-state index contributed by atoms with van der Waals surface area (Å²) in [6.45, 7) is 2.38. The van der Waals surface area contributed by atoms with Crippen molar-refractivity contribution in [2.75, 3.05) is 13.2 Å². The van der Waals surface area contributed by atoms with Gasteiger partial charge >= 0.3 is 0 Å². The Morgan fingerprint density at radius 2 is 2.10 bits per heavy atom. The van der Waals surface area contributed by atoms with Gasteiger partial charge < -0.3 is 20.3 Å². The molecule has 1 aromatic rings. The fraction of sp³-hybridized carbons (Fsp3) is 0.462. The van der Waals surface area contributed by atoms with Crippen LogP contribution in [0, 0.1) is 0 Å². The highest BCUT2D eigenvalue weighted by Gasteiger charge is 2.27. The minimum Gasteiger partial charge on any atom is -0.480 e. The third kappa shape index (κ3) is 4.63. The van der Waals surface area contributed by atoms with E-state index in [1.807, 2.05) is 0 Å². The molecule has 0 saturated carbocycles. The van der Waals surface area contributed by atoms with Crippen molar-refractivity contribution in [3.8, 4) is 5.75 Å². The Balaban J connectivity index is 2.71. The molecule has 1 amide bonds. The van der Waals surface area contributed by atoms with Gasteiger partial charge in [-0.05, 0) is 48.0 Å². The smallest absolute Gasteiger partial charge is 0.261 e. The SMILES string of the molecule is CC(Oc1ccc(Cl)cc1Br)C(=O)NC(C)(CO)CO.